The number of hydrogen-bond donors (Lipinski definition) is 8. The van der Waals surface area contributed by atoms with Gasteiger partial charge in [-0.1, -0.05) is 203 Å². The smallest absolute Gasteiger partial charge is 0.872 e. The Balaban J connectivity index is -0.0000000466. The molecule has 28 nitrogen and oxygen atoms in total. The average Bonchev–Trinajstić information content (AvgIpc) is 1.19. The zero-order chi connectivity index (χ0) is 66.8. The summed E-state index contributed by atoms with van der Waals surface area (Å²) >= 11 is 0. The minimum absolute atomic E-state index is 0. The first-order chi connectivity index (χ1) is 42.5. The molecule has 0 heterocycles. The van der Waals surface area contributed by atoms with E-state index in [2.05, 4.69) is 16.0 Å². The number of amides is 5. The van der Waals surface area contributed by atoms with Gasteiger partial charge in [-0.3, -0.25) is 33.7 Å². The molecule has 0 bridgehead atoms. The summed E-state index contributed by atoms with van der Waals surface area (Å²) < 4.78 is 0. The van der Waals surface area contributed by atoms with Gasteiger partial charge in [-0.15, -0.1) is 49.6 Å². The molecule has 4 aromatic rings. The quantitative estimate of drug-likeness (QED) is 0.0118. The van der Waals surface area contributed by atoms with Crippen LogP contribution in [0.3, 0.4) is 0 Å². The van der Waals surface area contributed by atoms with E-state index < -0.39 is 53.5 Å². The van der Waals surface area contributed by atoms with E-state index in [1.165, 1.54) is 36.4 Å². The maximum absolute atomic E-state index is 12.1. The second-order valence-electron chi connectivity index (χ2n) is 19.7. The summed E-state index contributed by atoms with van der Waals surface area (Å²) in [7, 11) is 0. The monoisotopic (exact) mass is 1690 g/mol. The van der Waals surface area contributed by atoms with Crippen molar-refractivity contribution >= 4 is 115 Å². The fraction of sp³-hybridized carbons (Fsp3) is 0.507. The Morgan fingerprint density at radius 1 is 0.385 bits per heavy atom. The third-order valence-electron chi connectivity index (χ3n) is 12.8. The molecular formula is C71H118Cl4N4Na6O24. The second kappa shape index (κ2) is 105. The zero-order valence-corrected chi connectivity index (χ0v) is 73.4. The fourth-order valence-corrected chi connectivity index (χ4v) is 8.04. The zero-order valence-electron chi connectivity index (χ0n) is 58.1. The van der Waals surface area contributed by atoms with Crippen LogP contribution in [0.2, 0.25) is 0 Å². The fourth-order valence-electron chi connectivity index (χ4n) is 8.04. The topological polar surface area (TPSA) is 522 Å². The van der Waals surface area contributed by atoms with Gasteiger partial charge in [-0.2, -0.15) is 9.59 Å². The van der Waals surface area contributed by atoms with Gasteiger partial charge in [0.25, 0.3) is 23.6 Å². The summed E-state index contributed by atoms with van der Waals surface area (Å²) in [5.41, 5.74) is 0.576. The number of rotatable bonds is 37. The standard InChI is InChI=1S/C17H21NO8.3C15H21NO4.CO2.8CH4.4ClH.6Na.2H2O/c19-13-9-5-4-7-11(13)14(20)18(17(25)26)10-6-2-1-3-8-12(15(21)22)16(23)24;3*17-13-9-6-5-8-12(13)15(20)16-11-7-3-1-2-4-10-14(18)19;2-1-3;;;;;;;;;;;;;;;;;;;;/h4-5,7,9,12,19H,1-3,6,8,10H2,(H,21,22)(H,23,24)(H,25,26);3*5-6,8-9,17H,1-4,7,10-11H2,(H,16,20)(H,18,19);;8*1H4;4*1H;;;;;;;2*1H2/q;;;;;;;;;;;;;;;;;6*+1;;/p-6. The van der Waals surface area contributed by atoms with Gasteiger partial charge in [0.15, 0.2) is 0 Å². The molecule has 0 aromatic heterocycles. The third-order valence-corrected chi connectivity index (χ3v) is 12.8. The van der Waals surface area contributed by atoms with E-state index in [1.807, 2.05) is 0 Å². The van der Waals surface area contributed by atoms with Gasteiger partial charge in [0.1, 0.15) is 23.3 Å². The number of phenols is 3. The van der Waals surface area contributed by atoms with Crippen LogP contribution < -0.4 is 219 Å². The van der Waals surface area contributed by atoms with Gasteiger partial charge < -0.3 is 97.1 Å². The van der Waals surface area contributed by atoms with E-state index in [0.717, 1.165) is 83.1 Å². The van der Waals surface area contributed by atoms with Crippen molar-refractivity contribution in [1.82, 2.24) is 20.9 Å². The number of carbonyl (C=O) groups is 10. The van der Waals surface area contributed by atoms with Gasteiger partial charge in [0, 0.05) is 56.5 Å². The van der Waals surface area contributed by atoms with E-state index in [-0.39, 0.29) is 406 Å². The molecule has 0 saturated heterocycles. The SMILES string of the molecule is C.C.C.C.C.C.C.C.Cl.Cl.Cl.Cl.O.O=C(O)CCCCCCCNC(=O)c1ccccc1O.O=C(O)CCCCCCCNC(=O)c1ccccc1O.O=C([O-])C(CCCCCCN(C(=O)[O-])C(=O)c1ccccc1[O-])C(=O)[O-].O=C([O-])CCCCCCCNC(=O)c1ccccc1O.O=C=O.[Na+].[Na+].[Na+].[Na+].[Na+].[Na+].[OH-]. The van der Waals surface area contributed by atoms with Gasteiger partial charge in [0.2, 0.25) is 0 Å². The number of nitrogens with zero attached hydrogens (tertiary/aromatic N) is 1. The molecular weight excluding hydrogens is 1570 g/mol. The first-order valence-corrected chi connectivity index (χ1v) is 29.0. The number of hydrogen-bond acceptors (Lipinski definition) is 21. The summed E-state index contributed by atoms with van der Waals surface area (Å²) in [5, 5.41) is 108. The van der Waals surface area contributed by atoms with Gasteiger partial charge in [0.05, 0.1) is 28.6 Å². The number of carboxylic acids is 5. The van der Waals surface area contributed by atoms with Crippen molar-refractivity contribution < 1.29 is 297 Å². The van der Waals surface area contributed by atoms with Crippen molar-refractivity contribution in [2.75, 3.05) is 26.2 Å². The largest absolute Gasteiger partial charge is 1.00 e. The molecule has 0 unspecified atom stereocenters. The minimum Gasteiger partial charge on any atom is -0.872 e. The summed E-state index contributed by atoms with van der Waals surface area (Å²) in [5.74, 6) is -10.0. The predicted molar refractivity (Wildman–Crippen MR) is 397 cm³/mol. The van der Waals surface area contributed by atoms with Gasteiger partial charge in [-0.05, 0) is 94.2 Å². The van der Waals surface area contributed by atoms with E-state index >= 15 is 0 Å². The van der Waals surface area contributed by atoms with E-state index in [1.54, 1.807) is 54.6 Å². The number of unbranched alkanes of at least 4 members (excludes halogenated alkanes) is 15. The first kappa shape index (κ1) is 162. The maximum Gasteiger partial charge on any atom is 1.00 e. The summed E-state index contributed by atoms with van der Waals surface area (Å²) in [6.45, 7) is 1.48. The van der Waals surface area contributed by atoms with Crippen molar-refractivity contribution in [2.24, 2.45) is 5.92 Å². The molecule has 109 heavy (non-hydrogen) atoms. The van der Waals surface area contributed by atoms with E-state index in [4.69, 9.17) is 19.8 Å². The number of aliphatic carboxylic acids is 5. The number of para-hydroxylation sites is 4. The summed E-state index contributed by atoms with van der Waals surface area (Å²) in [6, 6.07) is 24.5. The molecule has 0 aliphatic rings. The van der Waals surface area contributed by atoms with E-state index in [9.17, 15) is 88.8 Å². The van der Waals surface area contributed by atoms with Crippen molar-refractivity contribution in [3.05, 3.63) is 119 Å². The number of carboxylic acid groups (broad SMARTS) is 6. The second-order valence-corrected chi connectivity index (χ2v) is 19.7. The molecule has 0 saturated carbocycles. The molecule has 0 fully saturated rings. The molecule has 4 aromatic carbocycles. The Morgan fingerprint density at radius 2 is 0.633 bits per heavy atom. The Hall–Kier alpha value is -2.76. The van der Waals surface area contributed by atoms with Crippen LogP contribution in [0.5, 0.6) is 23.0 Å². The number of carbonyl (C=O) groups excluding carboxylic acids is 10. The number of benzene rings is 4. The van der Waals surface area contributed by atoms with Crippen LogP contribution in [0.1, 0.15) is 249 Å². The van der Waals surface area contributed by atoms with Crippen LogP contribution >= 0.6 is 49.6 Å². The van der Waals surface area contributed by atoms with Gasteiger partial charge in [-0.25, -0.2) is 0 Å². The first-order valence-electron chi connectivity index (χ1n) is 29.0. The molecule has 600 valence electrons. The molecule has 4 rings (SSSR count). The Labute approximate surface area is 804 Å². The normalized spacial score (nSPS) is 8.19. The Kier molecular flexibility index (Phi) is 156. The van der Waals surface area contributed by atoms with Crippen molar-refractivity contribution in [1.29, 1.82) is 0 Å². The van der Waals surface area contributed by atoms with Crippen molar-refractivity contribution in [3.8, 4) is 23.0 Å². The maximum atomic E-state index is 12.1. The molecule has 0 atom stereocenters. The number of aromatic hydroxyl groups is 3. The number of imide groups is 1. The molecule has 5 amide bonds. The number of halogens is 4. The van der Waals surface area contributed by atoms with Crippen LogP contribution in [0, 0.1) is 5.92 Å². The Bertz CT molecular complexity index is 2690. The summed E-state index contributed by atoms with van der Waals surface area (Å²) in [4.78, 5) is 127. The summed E-state index contributed by atoms with van der Waals surface area (Å²) in [6.07, 6.45) is 13.3. The number of nitrogens with one attached hydrogen (secondary N) is 3. The molecule has 38 heteroatoms. The van der Waals surface area contributed by atoms with Crippen LogP contribution in [0.4, 0.5) is 4.79 Å². The average molecular weight is 1690 g/mol. The molecule has 11 N–H and O–H groups in total. The number of phenolic OH excluding ortho intramolecular Hbond substituents is 3. The third kappa shape index (κ3) is 84.5. The van der Waals surface area contributed by atoms with Crippen LogP contribution in [-0.4, -0.2) is 133 Å². The van der Waals surface area contributed by atoms with Gasteiger partial charge >= 0.3 is 195 Å². The van der Waals surface area contributed by atoms with Crippen molar-refractivity contribution in [2.45, 2.75) is 207 Å². The van der Waals surface area contributed by atoms with Crippen molar-refractivity contribution in [3.63, 3.8) is 0 Å². The molecule has 0 aliphatic carbocycles. The van der Waals surface area contributed by atoms with Crippen LogP contribution in [0.25, 0.3) is 0 Å². The Morgan fingerprint density at radius 3 is 0.899 bits per heavy atom. The van der Waals surface area contributed by atoms with E-state index in [0.29, 0.717) is 56.6 Å². The predicted octanol–water partition coefficient (Wildman–Crippen LogP) is -8.87. The minimum atomic E-state index is -1.73. The van der Waals surface area contributed by atoms with Crippen LogP contribution in [0.15, 0.2) is 97.1 Å². The van der Waals surface area contributed by atoms with Crippen LogP contribution in [-0.2, 0) is 33.6 Å². The molecule has 0 spiro atoms. The molecule has 0 radical (unpaired) electrons. The molecule has 0 aliphatic heterocycles.